The molecule has 0 atom stereocenters. The van der Waals surface area contributed by atoms with E-state index in [2.05, 4.69) is 31.2 Å². The highest BCUT2D eigenvalue weighted by atomic mass is 14.7. The van der Waals surface area contributed by atoms with Crippen molar-refractivity contribution in [2.75, 3.05) is 0 Å². The first kappa shape index (κ1) is 11.7. The van der Waals surface area contributed by atoms with Gasteiger partial charge < -0.3 is 5.73 Å². The molecule has 0 amide bonds. The summed E-state index contributed by atoms with van der Waals surface area (Å²) in [7, 11) is 0. The molecule has 0 unspecified atom stereocenters. The number of hydrogen-bond donors (Lipinski definition) is 1. The summed E-state index contributed by atoms with van der Waals surface area (Å²) >= 11 is 0. The van der Waals surface area contributed by atoms with Crippen LogP contribution in [-0.4, -0.2) is 0 Å². The predicted molar refractivity (Wildman–Crippen MR) is 69.4 cm³/mol. The second-order valence-electron chi connectivity index (χ2n) is 5.12. The van der Waals surface area contributed by atoms with Crippen molar-refractivity contribution in [3.8, 4) is 0 Å². The lowest BCUT2D eigenvalue weighted by atomic mass is 9.83. The van der Waals surface area contributed by atoms with E-state index in [1.165, 1.54) is 36.8 Å². The number of rotatable bonds is 2. The van der Waals surface area contributed by atoms with Crippen molar-refractivity contribution < 1.29 is 0 Å². The summed E-state index contributed by atoms with van der Waals surface area (Å²) in [5, 5.41) is 0. The maximum atomic E-state index is 6.60. The van der Waals surface area contributed by atoms with Gasteiger partial charge in [0.1, 0.15) is 0 Å². The molecule has 16 heavy (non-hydrogen) atoms. The van der Waals surface area contributed by atoms with E-state index in [9.17, 15) is 0 Å². The Labute approximate surface area is 99.0 Å². The van der Waals surface area contributed by atoms with E-state index in [-0.39, 0.29) is 5.54 Å². The molecule has 1 aliphatic carbocycles. The standard InChI is InChI=1S/C15H23N/c1-2-13-8-7-9-14(12-13)15(16)10-5-3-4-6-11-15/h7-9,12H,2-6,10-11,16H2,1H3. The average Bonchev–Trinajstić information content (AvgIpc) is 2.55. The minimum atomic E-state index is -0.0539. The maximum Gasteiger partial charge on any atom is 0.0409 e. The number of hydrogen-bond acceptors (Lipinski definition) is 1. The predicted octanol–water partition coefficient (Wildman–Crippen LogP) is 3.76. The molecule has 1 aromatic rings. The molecule has 1 nitrogen and oxygen atoms in total. The van der Waals surface area contributed by atoms with Crippen molar-refractivity contribution in [3.63, 3.8) is 0 Å². The normalized spacial score (nSPS) is 20.4. The lowest BCUT2D eigenvalue weighted by Crippen LogP contribution is -2.36. The van der Waals surface area contributed by atoms with Crippen LogP contribution in [0, 0.1) is 0 Å². The maximum absolute atomic E-state index is 6.60. The molecule has 0 aromatic heterocycles. The zero-order chi connectivity index (χ0) is 11.4. The van der Waals surface area contributed by atoms with E-state index in [1.807, 2.05) is 0 Å². The highest BCUT2D eigenvalue weighted by Crippen LogP contribution is 2.33. The summed E-state index contributed by atoms with van der Waals surface area (Å²) in [6.07, 6.45) is 8.68. The lowest BCUT2D eigenvalue weighted by molar-refractivity contribution is 0.385. The minimum Gasteiger partial charge on any atom is -0.321 e. The Morgan fingerprint density at radius 2 is 1.81 bits per heavy atom. The van der Waals surface area contributed by atoms with Crippen molar-refractivity contribution >= 4 is 0 Å². The van der Waals surface area contributed by atoms with E-state index < -0.39 is 0 Å². The van der Waals surface area contributed by atoms with Gasteiger partial charge in [-0.2, -0.15) is 0 Å². The molecular weight excluding hydrogens is 194 g/mol. The zero-order valence-electron chi connectivity index (χ0n) is 10.3. The highest BCUT2D eigenvalue weighted by Gasteiger charge is 2.27. The van der Waals surface area contributed by atoms with E-state index in [0.29, 0.717) is 0 Å². The van der Waals surface area contributed by atoms with E-state index in [1.54, 1.807) is 0 Å². The molecule has 1 aliphatic rings. The Hall–Kier alpha value is -0.820. The topological polar surface area (TPSA) is 26.0 Å². The van der Waals surface area contributed by atoms with Gasteiger partial charge in [0.15, 0.2) is 0 Å². The van der Waals surface area contributed by atoms with Crippen molar-refractivity contribution in [2.45, 2.75) is 57.4 Å². The van der Waals surface area contributed by atoms with E-state index >= 15 is 0 Å². The molecule has 0 saturated heterocycles. The fraction of sp³-hybridized carbons (Fsp3) is 0.600. The summed E-state index contributed by atoms with van der Waals surface area (Å²) in [4.78, 5) is 0. The van der Waals surface area contributed by atoms with Crippen LogP contribution in [0.2, 0.25) is 0 Å². The molecular formula is C15H23N. The second kappa shape index (κ2) is 5.01. The summed E-state index contributed by atoms with van der Waals surface area (Å²) in [6.45, 7) is 2.20. The first-order chi connectivity index (χ1) is 7.74. The summed E-state index contributed by atoms with van der Waals surface area (Å²) < 4.78 is 0. The van der Waals surface area contributed by atoms with Crippen LogP contribution in [0.25, 0.3) is 0 Å². The van der Waals surface area contributed by atoms with Gasteiger partial charge in [0, 0.05) is 5.54 Å². The van der Waals surface area contributed by atoms with Gasteiger partial charge in [-0.15, -0.1) is 0 Å². The van der Waals surface area contributed by atoms with Crippen LogP contribution in [0.1, 0.15) is 56.6 Å². The monoisotopic (exact) mass is 217 g/mol. The fourth-order valence-corrected chi connectivity index (χ4v) is 2.75. The summed E-state index contributed by atoms with van der Waals surface area (Å²) in [5.74, 6) is 0. The van der Waals surface area contributed by atoms with Gasteiger partial charge in [0.05, 0.1) is 0 Å². The van der Waals surface area contributed by atoms with Crippen LogP contribution >= 0.6 is 0 Å². The van der Waals surface area contributed by atoms with Crippen LogP contribution in [-0.2, 0) is 12.0 Å². The molecule has 2 rings (SSSR count). The third kappa shape index (κ3) is 2.46. The summed E-state index contributed by atoms with van der Waals surface area (Å²) in [6, 6.07) is 8.88. The molecule has 1 saturated carbocycles. The van der Waals surface area contributed by atoms with Gasteiger partial charge in [-0.25, -0.2) is 0 Å². The van der Waals surface area contributed by atoms with Crippen molar-refractivity contribution in [2.24, 2.45) is 5.73 Å². The van der Waals surface area contributed by atoms with Crippen molar-refractivity contribution in [1.82, 2.24) is 0 Å². The quantitative estimate of drug-likeness (QED) is 0.750. The van der Waals surface area contributed by atoms with Gasteiger partial charge in [0.25, 0.3) is 0 Å². The van der Waals surface area contributed by atoms with Crippen molar-refractivity contribution in [3.05, 3.63) is 35.4 Å². The van der Waals surface area contributed by atoms with Gasteiger partial charge >= 0.3 is 0 Å². The lowest BCUT2D eigenvalue weighted by Gasteiger charge is -2.29. The molecule has 1 aromatic carbocycles. The smallest absolute Gasteiger partial charge is 0.0409 e. The van der Waals surface area contributed by atoms with Gasteiger partial charge in [0.2, 0.25) is 0 Å². The molecule has 1 heteroatoms. The third-order valence-corrected chi connectivity index (χ3v) is 3.91. The Morgan fingerprint density at radius 1 is 1.12 bits per heavy atom. The molecule has 0 aliphatic heterocycles. The molecule has 0 spiro atoms. The first-order valence-corrected chi connectivity index (χ1v) is 6.63. The van der Waals surface area contributed by atoms with E-state index in [4.69, 9.17) is 5.73 Å². The fourth-order valence-electron chi connectivity index (χ4n) is 2.75. The molecule has 0 radical (unpaired) electrons. The highest BCUT2D eigenvalue weighted by molar-refractivity contribution is 5.29. The Morgan fingerprint density at radius 3 is 2.44 bits per heavy atom. The third-order valence-electron chi connectivity index (χ3n) is 3.91. The van der Waals surface area contributed by atoms with Gasteiger partial charge in [-0.1, -0.05) is 56.9 Å². The minimum absolute atomic E-state index is 0.0539. The van der Waals surface area contributed by atoms with Crippen LogP contribution in [0.15, 0.2) is 24.3 Å². The zero-order valence-corrected chi connectivity index (χ0v) is 10.3. The Balaban J connectivity index is 2.25. The van der Waals surface area contributed by atoms with Crippen LogP contribution in [0.5, 0.6) is 0 Å². The number of aryl methyl sites for hydroxylation is 1. The molecule has 0 heterocycles. The number of nitrogens with two attached hydrogens (primary N) is 1. The van der Waals surface area contributed by atoms with E-state index in [0.717, 1.165) is 19.3 Å². The molecule has 2 N–H and O–H groups in total. The second-order valence-corrected chi connectivity index (χ2v) is 5.12. The molecule has 0 bridgehead atoms. The number of benzene rings is 1. The van der Waals surface area contributed by atoms with Crippen LogP contribution < -0.4 is 5.73 Å². The Kier molecular flexibility index (Phi) is 3.65. The van der Waals surface area contributed by atoms with Crippen molar-refractivity contribution in [1.29, 1.82) is 0 Å². The van der Waals surface area contributed by atoms with Crippen LogP contribution in [0.3, 0.4) is 0 Å². The van der Waals surface area contributed by atoms with Gasteiger partial charge in [-0.05, 0) is 30.4 Å². The molecule has 1 fully saturated rings. The van der Waals surface area contributed by atoms with Gasteiger partial charge in [-0.3, -0.25) is 0 Å². The molecule has 88 valence electrons. The SMILES string of the molecule is CCc1cccc(C2(N)CCCCCC2)c1. The average molecular weight is 217 g/mol. The Bertz CT molecular complexity index is 335. The largest absolute Gasteiger partial charge is 0.321 e. The first-order valence-electron chi connectivity index (χ1n) is 6.63. The van der Waals surface area contributed by atoms with Crippen LogP contribution in [0.4, 0.5) is 0 Å². The summed E-state index contributed by atoms with van der Waals surface area (Å²) in [5.41, 5.74) is 9.31.